The van der Waals surface area contributed by atoms with Crippen LogP contribution < -0.4 is 0 Å². The Morgan fingerprint density at radius 2 is 1.93 bits per heavy atom. The lowest BCUT2D eigenvalue weighted by Crippen LogP contribution is -2.37. The van der Waals surface area contributed by atoms with Crippen molar-refractivity contribution in [1.29, 1.82) is 0 Å². The van der Waals surface area contributed by atoms with Crippen molar-refractivity contribution in [2.75, 3.05) is 32.8 Å². The minimum absolute atomic E-state index is 0.749. The molecule has 4 nitrogen and oxygen atoms in total. The van der Waals surface area contributed by atoms with Crippen molar-refractivity contribution in [2.24, 2.45) is 0 Å². The van der Waals surface area contributed by atoms with Crippen molar-refractivity contribution < 1.29 is 4.74 Å². The van der Waals surface area contributed by atoms with E-state index in [0.717, 1.165) is 66.3 Å². The summed E-state index contributed by atoms with van der Waals surface area (Å²) in [6.45, 7) is 4.64. The molecular weight excluding hydrogens is 402 g/mol. The molecule has 1 fully saturated rings. The van der Waals surface area contributed by atoms with Crippen LogP contribution >= 0.6 is 22.9 Å². The molecular formula is C23H22ClN3OS. The van der Waals surface area contributed by atoms with Crippen molar-refractivity contribution in [3.05, 3.63) is 64.2 Å². The van der Waals surface area contributed by atoms with Crippen molar-refractivity contribution in [2.45, 2.75) is 6.42 Å². The highest BCUT2D eigenvalue weighted by Gasteiger charge is 2.17. The normalized spacial score (nSPS) is 15.2. The van der Waals surface area contributed by atoms with Crippen molar-refractivity contribution in [1.82, 2.24) is 14.9 Å². The number of fused-ring (bicyclic) bond motifs is 1. The Morgan fingerprint density at radius 3 is 2.76 bits per heavy atom. The standard InChI is InChI=1S/C23H22ClN3OS/c24-19-1-2-21-20(12-19)23(22(26-21)3-5-27-6-8-28-9-7-27)18-11-17(13-25-14-18)16-4-10-29-15-16/h1-2,4,10-15,26H,3,5-9H2. The van der Waals surface area contributed by atoms with E-state index in [0.29, 0.717) is 0 Å². The highest BCUT2D eigenvalue weighted by Crippen LogP contribution is 2.36. The zero-order valence-corrected chi connectivity index (χ0v) is 17.6. The number of ether oxygens (including phenoxy) is 1. The van der Waals surface area contributed by atoms with E-state index in [1.54, 1.807) is 11.3 Å². The van der Waals surface area contributed by atoms with Crippen LogP contribution in [-0.4, -0.2) is 47.7 Å². The molecule has 0 bridgehead atoms. The zero-order chi connectivity index (χ0) is 19.6. The summed E-state index contributed by atoms with van der Waals surface area (Å²) in [5.41, 5.74) is 7.02. The molecule has 1 N–H and O–H groups in total. The summed E-state index contributed by atoms with van der Waals surface area (Å²) in [5, 5.41) is 6.16. The number of pyridine rings is 1. The van der Waals surface area contributed by atoms with Gasteiger partial charge in [-0.05, 0) is 46.7 Å². The summed E-state index contributed by atoms with van der Waals surface area (Å²) < 4.78 is 5.48. The van der Waals surface area contributed by atoms with Crippen LogP contribution in [0.25, 0.3) is 33.2 Å². The molecule has 3 aromatic heterocycles. The van der Waals surface area contributed by atoms with Gasteiger partial charge in [0.05, 0.1) is 13.2 Å². The number of nitrogens with one attached hydrogen (secondary N) is 1. The number of aromatic nitrogens is 2. The summed E-state index contributed by atoms with van der Waals surface area (Å²) in [6, 6.07) is 10.4. The Balaban J connectivity index is 1.56. The van der Waals surface area contributed by atoms with Gasteiger partial charge < -0.3 is 9.72 Å². The van der Waals surface area contributed by atoms with Gasteiger partial charge >= 0.3 is 0 Å². The lowest BCUT2D eigenvalue weighted by molar-refractivity contribution is 0.0384. The van der Waals surface area contributed by atoms with Gasteiger partial charge in [0.25, 0.3) is 0 Å². The second kappa shape index (κ2) is 8.28. The van der Waals surface area contributed by atoms with E-state index in [4.69, 9.17) is 16.3 Å². The molecule has 0 spiro atoms. The maximum absolute atomic E-state index is 6.35. The molecule has 0 radical (unpaired) electrons. The molecule has 29 heavy (non-hydrogen) atoms. The molecule has 0 unspecified atom stereocenters. The van der Waals surface area contributed by atoms with Gasteiger partial charge in [0.2, 0.25) is 0 Å². The average Bonchev–Trinajstić information content (AvgIpc) is 3.41. The van der Waals surface area contributed by atoms with E-state index >= 15 is 0 Å². The fourth-order valence-electron chi connectivity index (χ4n) is 4.00. The Hall–Kier alpha value is -2.18. The van der Waals surface area contributed by atoms with E-state index in [9.17, 15) is 0 Å². The summed E-state index contributed by atoms with van der Waals surface area (Å²) in [6.07, 6.45) is 4.84. The second-order valence-corrected chi connectivity index (χ2v) is 8.56. The number of halogens is 1. The fraction of sp³-hybridized carbons (Fsp3) is 0.261. The molecule has 1 aromatic carbocycles. The van der Waals surface area contributed by atoms with Crippen LogP contribution in [0.5, 0.6) is 0 Å². The summed E-state index contributed by atoms with van der Waals surface area (Å²) >= 11 is 8.05. The molecule has 0 saturated carbocycles. The SMILES string of the molecule is Clc1ccc2[nH]c(CCN3CCOCC3)c(-c3cncc(-c4ccsc4)c3)c2c1. The van der Waals surface area contributed by atoms with Crippen LogP contribution in [0.1, 0.15) is 5.69 Å². The molecule has 0 atom stereocenters. The van der Waals surface area contributed by atoms with Gasteiger partial charge in [-0.2, -0.15) is 11.3 Å². The molecule has 0 amide bonds. The first-order chi connectivity index (χ1) is 14.3. The average molecular weight is 424 g/mol. The predicted molar refractivity (Wildman–Crippen MR) is 121 cm³/mol. The second-order valence-electron chi connectivity index (χ2n) is 7.35. The number of rotatable bonds is 5. The third-order valence-electron chi connectivity index (χ3n) is 5.50. The van der Waals surface area contributed by atoms with Gasteiger partial charge in [-0.15, -0.1) is 0 Å². The topological polar surface area (TPSA) is 41.2 Å². The Labute approximate surface area is 179 Å². The van der Waals surface area contributed by atoms with E-state index in [2.05, 4.69) is 49.9 Å². The van der Waals surface area contributed by atoms with Crippen molar-refractivity contribution >= 4 is 33.8 Å². The van der Waals surface area contributed by atoms with Gasteiger partial charge in [-0.25, -0.2) is 0 Å². The van der Waals surface area contributed by atoms with Crippen LogP contribution in [0.4, 0.5) is 0 Å². The first-order valence-corrected chi connectivity index (χ1v) is 11.2. The number of hydrogen-bond acceptors (Lipinski definition) is 4. The molecule has 4 heterocycles. The summed E-state index contributed by atoms with van der Waals surface area (Å²) in [7, 11) is 0. The minimum atomic E-state index is 0.749. The lowest BCUT2D eigenvalue weighted by Gasteiger charge is -2.26. The van der Waals surface area contributed by atoms with Gasteiger partial charge in [0.15, 0.2) is 0 Å². The first kappa shape index (κ1) is 18.8. The molecule has 1 aliphatic heterocycles. The highest BCUT2D eigenvalue weighted by atomic mass is 35.5. The number of thiophene rings is 1. The first-order valence-electron chi connectivity index (χ1n) is 9.86. The molecule has 4 aromatic rings. The predicted octanol–water partition coefficient (Wildman–Crippen LogP) is 5.49. The van der Waals surface area contributed by atoms with Crippen molar-refractivity contribution in [3.63, 3.8) is 0 Å². The van der Waals surface area contributed by atoms with Crippen LogP contribution in [0, 0.1) is 0 Å². The molecule has 6 heteroatoms. The monoisotopic (exact) mass is 423 g/mol. The van der Waals surface area contributed by atoms with Crippen LogP contribution in [0.2, 0.25) is 5.02 Å². The number of benzene rings is 1. The number of H-pyrrole nitrogens is 1. The maximum Gasteiger partial charge on any atom is 0.0594 e. The lowest BCUT2D eigenvalue weighted by atomic mass is 9.99. The smallest absolute Gasteiger partial charge is 0.0594 e. The third kappa shape index (κ3) is 3.96. The van der Waals surface area contributed by atoms with Crippen LogP contribution in [0.3, 0.4) is 0 Å². The zero-order valence-electron chi connectivity index (χ0n) is 16.0. The molecule has 1 aliphatic rings. The Kier molecular flexibility index (Phi) is 5.38. The molecule has 148 valence electrons. The van der Waals surface area contributed by atoms with E-state index in [1.807, 2.05) is 18.5 Å². The van der Waals surface area contributed by atoms with Gasteiger partial charge in [-0.3, -0.25) is 9.88 Å². The van der Waals surface area contributed by atoms with Crippen LogP contribution in [0.15, 0.2) is 53.5 Å². The van der Waals surface area contributed by atoms with Crippen LogP contribution in [-0.2, 0) is 11.2 Å². The number of nitrogens with zero attached hydrogens (tertiary/aromatic N) is 2. The number of morpholine rings is 1. The Bertz CT molecular complexity index is 1120. The number of hydrogen-bond donors (Lipinski definition) is 1. The van der Waals surface area contributed by atoms with Crippen molar-refractivity contribution in [3.8, 4) is 22.3 Å². The maximum atomic E-state index is 6.35. The quantitative estimate of drug-likeness (QED) is 0.461. The Morgan fingerprint density at radius 1 is 1.07 bits per heavy atom. The van der Waals surface area contributed by atoms with Gasteiger partial charge in [0, 0.05) is 76.8 Å². The third-order valence-corrected chi connectivity index (χ3v) is 6.42. The molecule has 1 saturated heterocycles. The van der Waals surface area contributed by atoms with E-state index < -0.39 is 0 Å². The summed E-state index contributed by atoms with van der Waals surface area (Å²) in [4.78, 5) is 10.7. The van der Waals surface area contributed by atoms with Gasteiger partial charge in [-0.1, -0.05) is 11.6 Å². The fourth-order valence-corrected chi connectivity index (χ4v) is 4.83. The largest absolute Gasteiger partial charge is 0.379 e. The van der Waals surface area contributed by atoms with E-state index in [-0.39, 0.29) is 0 Å². The minimum Gasteiger partial charge on any atom is -0.379 e. The number of aromatic amines is 1. The van der Waals surface area contributed by atoms with Gasteiger partial charge in [0.1, 0.15) is 0 Å². The molecule has 5 rings (SSSR count). The molecule has 0 aliphatic carbocycles. The van der Waals surface area contributed by atoms with E-state index in [1.165, 1.54) is 16.8 Å². The summed E-state index contributed by atoms with van der Waals surface area (Å²) in [5.74, 6) is 0. The highest BCUT2D eigenvalue weighted by molar-refractivity contribution is 7.08.